The number of carbonyl (C=O) groups excluding carboxylic acids is 10. The number of benzene rings is 2. The van der Waals surface area contributed by atoms with Crippen LogP contribution in [0, 0.1) is 5.41 Å². The highest BCUT2D eigenvalue weighted by atomic mass is 16.4. The van der Waals surface area contributed by atoms with E-state index in [-0.39, 0.29) is 32.2 Å². The van der Waals surface area contributed by atoms with Gasteiger partial charge in [0.15, 0.2) is 5.96 Å². The van der Waals surface area contributed by atoms with Crippen molar-refractivity contribution in [2.75, 3.05) is 26.2 Å². The molecule has 0 aliphatic carbocycles. The topological polar surface area (TPSA) is 480 Å². The number of carboxylic acid groups (broad SMARTS) is 1. The molecular weight excluding hydrogens is 947 g/mol. The summed E-state index contributed by atoms with van der Waals surface area (Å²) in [5, 5.41) is 48.2. The van der Waals surface area contributed by atoms with Gasteiger partial charge in [-0.05, 0) is 37.0 Å². The minimum Gasteiger partial charge on any atom is -0.480 e. The number of H-pyrrole nitrogens is 1. The molecule has 10 amide bonds. The van der Waals surface area contributed by atoms with Crippen LogP contribution < -0.4 is 70.8 Å². The Kier molecular flexibility index (Phi) is 23.0. The zero-order chi connectivity index (χ0) is 53.5. The summed E-state index contributed by atoms with van der Waals surface area (Å²) in [6, 6.07) is 4.71. The van der Waals surface area contributed by atoms with Crippen LogP contribution >= 0.6 is 0 Å². The highest BCUT2D eigenvalue weighted by molar-refractivity contribution is 5.99. The lowest BCUT2D eigenvalue weighted by atomic mass is 10.0. The number of hydrogen-bond donors (Lipinski definition) is 17. The first-order chi connectivity index (χ1) is 34.1. The highest BCUT2D eigenvalue weighted by Gasteiger charge is 2.33. The fourth-order valence-electron chi connectivity index (χ4n) is 6.78. The van der Waals surface area contributed by atoms with Crippen molar-refractivity contribution in [3.8, 4) is 0 Å². The first-order valence-corrected chi connectivity index (χ1v) is 22.3. The van der Waals surface area contributed by atoms with E-state index in [0.717, 1.165) is 17.8 Å². The number of nitrogens with one attached hydrogen (secondary N) is 11. The van der Waals surface area contributed by atoms with E-state index in [1.165, 1.54) is 0 Å². The van der Waals surface area contributed by atoms with Crippen LogP contribution in [0.3, 0.4) is 0 Å². The molecule has 0 saturated carbocycles. The third-order valence-electron chi connectivity index (χ3n) is 10.5. The summed E-state index contributed by atoms with van der Waals surface area (Å²) in [7, 11) is 0. The van der Waals surface area contributed by atoms with Gasteiger partial charge in [-0.15, -0.1) is 0 Å². The molecule has 0 aliphatic rings. The molecular formula is C44H61N15O13. The number of carboxylic acids is 1. The molecule has 21 N–H and O–H groups in total. The van der Waals surface area contributed by atoms with Gasteiger partial charge in [0.05, 0.1) is 32.5 Å². The summed E-state index contributed by atoms with van der Waals surface area (Å²) in [6.45, 7) is -0.903. The molecule has 0 aliphatic heterocycles. The number of amides is 10. The molecule has 1 heterocycles. The summed E-state index contributed by atoms with van der Waals surface area (Å²) in [4.78, 5) is 145. The van der Waals surface area contributed by atoms with Gasteiger partial charge in [-0.25, -0.2) is 4.79 Å². The van der Waals surface area contributed by atoms with Gasteiger partial charge >= 0.3 is 5.97 Å². The highest BCUT2D eigenvalue weighted by Crippen LogP contribution is 2.19. The van der Waals surface area contributed by atoms with Crippen LogP contribution in [0.5, 0.6) is 0 Å². The van der Waals surface area contributed by atoms with Gasteiger partial charge in [0.2, 0.25) is 59.1 Å². The van der Waals surface area contributed by atoms with Crippen molar-refractivity contribution >= 4 is 81.9 Å². The van der Waals surface area contributed by atoms with E-state index >= 15 is 0 Å². The predicted octanol–water partition coefficient (Wildman–Crippen LogP) is -6.47. The molecule has 28 nitrogen and oxygen atoms in total. The lowest BCUT2D eigenvalue weighted by Gasteiger charge is -2.25. The van der Waals surface area contributed by atoms with E-state index < -0.39 is 146 Å². The van der Waals surface area contributed by atoms with Crippen molar-refractivity contribution in [2.24, 2.45) is 22.9 Å². The molecule has 1 aromatic heterocycles. The average Bonchev–Trinajstić information content (AvgIpc) is 3.74. The number of aliphatic hydroxyl groups is 1. The Morgan fingerprint density at radius 1 is 0.611 bits per heavy atom. The van der Waals surface area contributed by atoms with Gasteiger partial charge in [-0.3, -0.25) is 53.4 Å². The minimum atomic E-state index is -1.78. The Morgan fingerprint density at radius 3 is 1.72 bits per heavy atom. The van der Waals surface area contributed by atoms with Crippen LogP contribution in [0.25, 0.3) is 10.9 Å². The number of aliphatic hydroxyl groups excluding tert-OH is 1. The van der Waals surface area contributed by atoms with E-state index in [1.807, 2.05) is 0 Å². The van der Waals surface area contributed by atoms with E-state index in [4.69, 9.17) is 33.5 Å². The molecule has 0 saturated heterocycles. The average molecular weight is 1010 g/mol. The van der Waals surface area contributed by atoms with E-state index in [1.54, 1.807) is 60.8 Å². The quantitative estimate of drug-likeness (QED) is 0.0168. The normalized spacial score (nSPS) is 13.7. The molecule has 0 fully saturated rings. The monoisotopic (exact) mass is 1010 g/mol. The zero-order valence-electron chi connectivity index (χ0n) is 39.1. The smallest absolute Gasteiger partial charge is 0.326 e. The lowest BCUT2D eigenvalue weighted by Crippen LogP contribution is -2.59. The molecule has 0 radical (unpaired) electrons. The second-order valence-electron chi connectivity index (χ2n) is 16.3. The maximum Gasteiger partial charge on any atom is 0.326 e. The van der Waals surface area contributed by atoms with Crippen LogP contribution in [0.15, 0.2) is 60.8 Å². The number of primary amides is 2. The van der Waals surface area contributed by atoms with Crippen LogP contribution in [0.1, 0.15) is 43.7 Å². The van der Waals surface area contributed by atoms with Crippen molar-refractivity contribution in [1.82, 2.24) is 52.8 Å². The molecule has 2 aromatic carbocycles. The Bertz CT molecular complexity index is 2450. The van der Waals surface area contributed by atoms with Crippen molar-refractivity contribution in [3.63, 3.8) is 0 Å². The number of para-hydroxylation sites is 1. The van der Waals surface area contributed by atoms with Crippen LogP contribution in [-0.4, -0.2) is 155 Å². The SMILES string of the molecule is C[C@H](NC(=O)[C@H](CC(N)=O)NC(=O)[C@H](CCCNC(=N)N)NC(=O)CNC(=O)[C@H](Cc1c[nH]c2ccccc12)NC(=O)CNC(=O)[C@@H](N)CO)C(=O)N[C@@H](CC(N)=O)C(=O)N[C@@H](Cc1ccccc1)C(=O)O. The number of aromatic nitrogens is 1. The molecule has 390 valence electrons. The summed E-state index contributed by atoms with van der Waals surface area (Å²) >= 11 is 0. The summed E-state index contributed by atoms with van der Waals surface area (Å²) < 4.78 is 0. The number of carbonyl (C=O) groups is 11. The largest absolute Gasteiger partial charge is 0.480 e. The van der Waals surface area contributed by atoms with Crippen molar-refractivity contribution < 1.29 is 63.0 Å². The molecule has 0 spiro atoms. The maximum absolute atomic E-state index is 13.8. The number of aromatic amines is 1. The van der Waals surface area contributed by atoms with Crippen LogP contribution in [0.2, 0.25) is 0 Å². The van der Waals surface area contributed by atoms with E-state index in [0.29, 0.717) is 11.1 Å². The number of guanidine groups is 1. The Labute approximate surface area is 411 Å². The fourth-order valence-corrected chi connectivity index (χ4v) is 6.78. The third-order valence-corrected chi connectivity index (χ3v) is 10.5. The molecule has 72 heavy (non-hydrogen) atoms. The van der Waals surface area contributed by atoms with E-state index in [2.05, 4.69) is 52.8 Å². The Hall–Kier alpha value is -8.66. The number of rotatable bonds is 30. The summed E-state index contributed by atoms with van der Waals surface area (Å²) in [6.07, 6.45) is -0.352. The van der Waals surface area contributed by atoms with Gasteiger partial charge in [0.1, 0.15) is 42.3 Å². The predicted molar refractivity (Wildman–Crippen MR) is 255 cm³/mol. The lowest BCUT2D eigenvalue weighted by molar-refractivity contribution is -0.142. The first-order valence-electron chi connectivity index (χ1n) is 22.3. The van der Waals surface area contributed by atoms with E-state index in [9.17, 15) is 57.8 Å². The number of nitrogens with two attached hydrogens (primary N) is 4. The number of aliphatic carboxylic acids is 1. The minimum absolute atomic E-state index is 0.0317. The van der Waals surface area contributed by atoms with Crippen molar-refractivity contribution in [1.29, 1.82) is 5.41 Å². The molecule has 3 rings (SSSR count). The standard InChI is InChI=1S/C44H61N15O13/c1-22(37(65)57-31(17-34(47)62)42(70)59-32(43(71)72)14-23-8-3-2-4-9-23)54-41(69)30(16-33(46)61)58-40(68)28(12-7-13-50-44(48)49)55-35(63)20-53-39(67)29(56-36(64)19-52-38(66)26(45)21-60)15-24-18-51-27-11-6-5-10-25(24)27/h2-6,8-11,18,22,26,28-32,51,60H,7,12-17,19-21,45H2,1H3,(H2,46,61)(H2,47,62)(H,52,66)(H,53,67)(H,54,69)(H,55,63)(H,56,64)(H,57,65)(H,58,68)(H,59,70)(H,71,72)(H4,48,49,50)/t22-,26-,28-,29-,30-,31-,32-/m0/s1. The van der Waals surface area contributed by atoms with Crippen molar-refractivity contribution in [2.45, 2.75) is 87.7 Å². The Balaban J connectivity index is 1.73. The second kappa shape index (κ2) is 28.7. The molecule has 0 unspecified atom stereocenters. The first kappa shape index (κ1) is 57.7. The van der Waals surface area contributed by atoms with Gasteiger partial charge in [0, 0.05) is 36.5 Å². The van der Waals surface area contributed by atoms with Crippen LogP contribution in [0.4, 0.5) is 0 Å². The summed E-state index contributed by atoms with van der Waals surface area (Å²) in [5.74, 6) is -11.8. The van der Waals surface area contributed by atoms with Gasteiger partial charge in [-0.1, -0.05) is 48.5 Å². The van der Waals surface area contributed by atoms with Crippen LogP contribution in [-0.2, 0) is 65.6 Å². The third kappa shape index (κ3) is 19.7. The molecule has 0 bridgehead atoms. The van der Waals surface area contributed by atoms with Crippen molar-refractivity contribution in [3.05, 3.63) is 71.9 Å². The Morgan fingerprint density at radius 2 is 1.14 bits per heavy atom. The fraction of sp³-hybridized carbons (Fsp3) is 0.409. The molecule has 7 atom stereocenters. The van der Waals surface area contributed by atoms with Gasteiger partial charge in [-0.2, -0.15) is 0 Å². The summed E-state index contributed by atoms with van der Waals surface area (Å²) in [5.41, 5.74) is 23.4. The van der Waals surface area contributed by atoms with Gasteiger partial charge < -0.3 is 86.0 Å². The van der Waals surface area contributed by atoms with Gasteiger partial charge in [0.25, 0.3) is 0 Å². The maximum atomic E-state index is 13.8. The second-order valence-corrected chi connectivity index (χ2v) is 16.3. The molecule has 3 aromatic rings. The zero-order valence-corrected chi connectivity index (χ0v) is 39.1. The molecule has 28 heteroatoms. The number of hydrogen-bond acceptors (Lipinski definition) is 14. The number of fused-ring (bicyclic) bond motifs is 1.